The van der Waals surface area contributed by atoms with E-state index in [-0.39, 0.29) is 64.7 Å². The summed E-state index contributed by atoms with van der Waals surface area (Å²) in [5.41, 5.74) is 0. The summed E-state index contributed by atoms with van der Waals surface area (Å²) in [7, 11) is 0. The molecule has 0 amide bonds. The summed E-state index contributed by atoms with van der Waals surface area (Å²) in [4.78, 5) is 0. The van der Waals surface area contributed by atoms with Crippen molar-refractivity contribution in [3.05, 3.63) is 59.9 Å². The first-order valence-corrected chi connectivity index (χ1v) is 10.0. The molecule has 0 heterocycles. The van der Waals surface area contributed by atoms with Gasteiger partial charge in [-0.15, -0.1) is 0 Å². The third-order valence-corrected chi connectivity index (χ3v) is 5.37. The van der Waals surface area contributed by atoms with E-state index in [9.17, 15) is 0 Å². The average Bonchev–Trinajstić information content (AvgIpc) is 3.05. The van der Waals surface area contributed by atoms with Crippen molar-refractivity contribution in [2.45, 2.75) is 55.4 Å². The fourth-order valence-electron chi connectivity index (χ4n) is 2.68. The molecule has 0 fully saturated rings. The summed E-state index contributed by atoms with van der Waals surface area (Å²) in [6, 6.07) is 0. The van der Waals surface area contributed by atoms with Gasteiger partial charge in [0.2, 0.25) is 0 Å². The number of rotatable bonds is 8. The van der Waals surface area contributed by atoms with E-state index in [2.05, 4.69) is 115 Å². The summed E-state index contributed by atoms with van der Waals surface area (Å²) < 4.78 is 70.1. The molecular weight excluding hydrogens is 672 g/mol. The van der Waals surface area contributed by atoms with E-state index in [1.165, 1.54) is 61.3 Å². The molecular formula is C25H43Fe3N2O9S+3. The number of nitrogens with zero attached hydrogens (tertiary/aromatic N) is 2. The van der Waals surface area contributed by atoms with Crippen molar-refractivity contribution in [3.8, 4) is 0 Å². The fraction of sp³-hybridized carbons (Fsp3) is 0.640. The SMILES string of the molecule is CC[N+](CC)(CC)CC.CC[N+](CC)(CC)CC.[C-]#[O+].[C-]#[O+].[C-]#[O+].[C-]#[O+].[C-]#[O+].[C-]#[O+].[C-]#[O+].[C-]#[O+].[C-]#[O+].[Fe].[Fe].[Fe].[SH3+]. The minimum absolute atomic E-state index is 0. The second kappa shape index (κ2) is 142. The second-order valence-corrected chi connectivity index (χ2v) is 5.21. The van der Waals surface area contributed by atoms with E-state index in [0.29, 0.717) is 0 Å². The van der Waals surface area contributed by atoms with Crippen molar-refractivity contribution in [2.75, 3.05) is 52.4 Å². The van der Waals surface area contributed by atoms with Gasteiger partial charge >= 0.3 is 102 Å². The Morgan fingerprint density at radius 2 is 0.325 bits per heavy atom. The molecule has 0 saturated carbocycles. The van der Waals surface area contributed by atoms with Crippen LogP contribution in [0.1, 0.15) is 55.4 Å². The molecule has 234 valence electrons. The smallest absolute Gasteiger partial charge is 0 e. The Morgan fingerprint density at radius 3 is 0.325 bits per heavy atom. The van der Waals surface area contributed by atoms with Crippen LogP contribution in [-0.4, -0.2) is 61.3 Å². The molecule has 0 bridgehead atoms. The summed E-state index contributed by atoms with van der Waals surface area (Å²) in [6.45, 7) is 68.9. The van der Waals surface area contributed by atoms with Gasteiger partial charge in [-0.3, -0.25) is 0 Å². The Hall–Kier alpha value is -0.512. The first-order chi connectivity index (χ1) is 17.5. The minimum atomic E-state index is 0. The molecule has 0 aromatic rings. The quantitative estimate of drug-likeness (QED) is 0.156. The zero-order valence-electron chi connectivity index (χ0n) is 24.4. The van der Waals surface area contributed by atoms with Crippen molar-refractivity contribution >= 4 is 13.5 Å². The number of quaternary nitrogens is 2. The van der Waals surface area contributed by atoms with Crippen LogP contribution in [0.5, 0.6) is 0 Å². The number of hydrogen-bond acceptors (Lipinski definition) is 0. The van der Waals surface area contributed by atoms with Gasteiger partial charge < -0.3 is 8.97 Å². The summed E-state index contributed by atoms with van der Waals surface area (Å²) in [5, 5.41) is 0. The van der Waals surface area contributed by atoms with Gasteiger partial charge in [-0.05, 0) is 55.4 Å². The van der Waals surface area contributed by atoms with Crippen LogP contribution in [0.3, 0.4) is 0 Å². The topological polar surface area (TPSA) is 179 Å². The van der Waals surface area contributed by atoms with Gasteiger partial charge in [0.05, 0.1) is 52.4 Å². The van der Waals surface area contributed by atoms with E-state index in [0.717, 1.165) is 0 Å². The first kappa shape index (κ1) is 97.5. The second-order valence-electron chi connectivity index (χ2n) is 5.21. The van der Waals surface area contributed by atoms with Crippen LogP contribution in [0.15, 0.2) is 0 Å². The van der Waals surface area contributed by atoms with Gasteiger partial charge in [0.25, 0.3) is 0 Å². The average molecular weight is 715 g/mol. The Kier molecular flexibility index (Phi) is 347. The monoisotopic (exact) mass is 715 g/mol. The zero-order valence-corrected chi connectivity index (χ0v) is 28.8. The van der Waals surface area contributed by atoms with Gasteiger partial charge in [-0.25, -0.2) is 0 Å². The minimum Gasteiger partial charge on any atom is -0.0576 e. The first-order valence-electron chi connectivity index (χ1n) is 10.0. The van der Waals surface area contributed by atoms with Crippen LogP contribution < -0.4 is 0 Å². The Labute approximate surface area is 281 Å². The van der Waals surface area contributed by atoms with Crippen molar-refractivity contribution in [1.29, 1.82) is 0 Å². The molecule has 0 saturated heterocycles. The van der Waals surface area contributed by atoms with E-state index < -0.39 is 0 Å². The van der Waals surface area contributed by atoms with Gasteiger partial charge in [0, 0.05) is 51.2 Å². The number of hydrogen-bond donors (Lipinski definition) is 0. The van der Waals surface area contributed by atoms with Crippen molar-refractivity contribution in [2.24, 2.45) is 0 Å². The molecule has 0 aliphatic heterocycles. The molecule has 0 aromatic heterocycles. The van der Waals surface area contributed by atoms with Crippen molar-refractivity contribution < 1.29 is 102 Å². The molecule has 0 unspecified atom stereocenters. The van der Waals surface area contributed by atoms with Crippen LogP contribution in [-0.2, 0) is 107 Å². The molecule has 0 aliphatic rings. The van der Waals surface area contributed by atoms with E-state index in [1.807, 2.05) is 0 Å². The van der Waals surface area contributed by atoms with Crippen molar-refractivity contribution in [3.63, 3.8) is 0 Å². The molecule has 40 heavy (non-hydrogen) atoms. The van der Waals surface area contributed by atoms with Crippen molar-refractivity contribution in [1.82, 2.24) is 0 Å². The molecule has 15 heteroatoms. The van der Waals surface area contributed by atoms with E-state index in [4.69, 9.17) is 41.9 Å². The molecule has 0 radical (unpaired) electrons. The van der Waals surface area contributed by atoms with Crippen LogP contribution in [0.4, 0.5) is 0 Å². The van der Waals surface area contributed by atoms with E-state index >= 15 is 0 Å². The maximum absolute atomic E-state index is 7.50. The molecule has 0 spiro atoms. The molecule has 11 nitrogen and oxygen atoms in total. The molecule has 0 rings (SSSR count). The molecule has 0 atom stereocenters. The predicted molar refractivity (Wildman–Crippen MR) is 132 cm³/mol. The molecule has 0 aliphatic carbocycles. The summed E-state index contributed by atoms with van der Waals surface area (Å²) >= 11 is 0. The Bertz CT molecular complexity index is 388. The van der Waals surface area contributed by atoms with Crippen LogP contribution in [0.2, 0.25) is 0 Å². The molecule has 0 aromatic carbocycles. The Morgan fingerprint density at radius 1 is 0.275 bits per heavy atom. The maximum atomic E-state index is 7.50. The van der Waals surface area contributed by atoms with Gasteiger partial charge in [-0.1, -0.05) is 13.5 Å². The zero-order chi connectivity index (χ0) is 32.7. The maximum Gasteiger partial charge on any atom is 0 e. The largest absolute Gasteiger partial charge is 0.0576 e. The van der Waals surface area contributed by atoms with Crippen LogP contribution in [0.25, 0.3) is 0 Å². The van der Waals surface area contributed by atoms with Gasteiger partial charge in [0.1, 0.15) is 0 Å². The third kappa shape index (κ3) is 90.5. The van der Waals surface area contributed by atoms with Crippen LogP contribution >= 0.6 is 0 Å². The molecule has 0 N–H and O–H groups in total. The summed E-state index contributed by atoms with van der Waals surface area (Å²) in [6.07, 6.45) is 0. The van der Waals surface area contributed by atoms with Gasteiger partial charge in [-0.2, -0.15) is 0 Å². The third-order valence-electron chi connectivity index (χ3n) is 5.37. The fourth-order valence-corrected chi connectivity index (χ4v) is 2.68. The standard InChI is InChI=1S/2C8H20N.9CO.3Fe.H2S/c2*1-5-9(6-2,7-3)8-4;9*1-2;;;;/h2*5-8H2,1-4H3;;;;;;;;;;;;;1H2/q2*+1;;;;;;;;;;;;;/p+1. The van der Waals surface area contributed by atoms with E-state index in [1.54, 1.807) is 0 Å². The van der Waals surface area contributed by atoms with Gasteiger partial charge in [0.15, 0.2) is 0 Å². The van der Waals surface area contributed by atoms with Crippen LogP contribution in [0, 0.1) is 59.9 Å². The summed E-state index contributed by atoms with van der Waals surface area (Å²) in [5.74, 6) is 0. The normalized spacial score (nSPS) is 5.85. The predicted octanol–water partition coefficient (Wildman–Crippen LogP) is 2.62. The Balaban J connectivity index is -0.0000000145.